The zero-order chi connectivity index (χ0) is 14.9. The fraction of sp³-hybridized carbons (Fsp3) is 0.867. The lowest BCUT2D eigenvalue weighted by atomic mass is 9.90. The second-order valence-corrected chi connectivity index (χ2v) is 6.80. The highest BCUT2D eigenvalue weighted by Crippen LogP contribution is 2.28. The maximum Gasteiger partial charge on any atom is 0.411 e. The van der Waals surface area contributed by atoms with Crippen LogP contribution in [-0.4, -0.2) is 52.6 Å². The molecule has 1 aliphatic carbocycles. The Kier molecular flexibility index (Phi) is 4.25. The molecule has 2 fully saturated rings. The monoisotopic (exact) mass is 282 g/mol. The normalized spacial score (nSPS) is 24.6. The number of carbonyl (C=O) groups is 2. The summed E-state index contributed by atoms with van der Waals surface area (Å²) in [5.74, 6) is 0.0604. The predicted octanol–water partition coefficient (Wildman–Crippen LogP) is 2.40. The molecule has 1 unspecified atom stereocenters. The van der Waals surface area contributed by atoms with Crippen LogP contribution in [0.1, 0.15) is 53.4 Å². The zero-order valence-corrected chi connectivity index (χ0v) is 13.0. The first-order valence-corrected chi connectivity index (χ1v) is 7.61. The average molecular weight is 282 g/mol. The molecule has 2 aliphatic rings. The maximum absolute atomic E-state index is 12.2. The highest BCUT2D eigenvalue weighted by Gasteiger charge is 2.40. The van der Waals surface area contributed by atoms with E-state index < -0.39 is 5.60 Å². The first kappa shape index (κ1) is 15.1. The summed E-state index contributed by atoms with van der Waals surface area (Å²) >= 11 is 0. The van der Waals surface area contributed by atoms with Gasteiger partial charge in [0.1, 0.15) is 12.1 Å². The minimum Gasteiger partial charge on any atom is -0.444 e. The van der Waals surface area contributed by atoms with Crippen LogP contribution in [0.25, 0.3) is 0 Å². The third-order valence-corrected chi connectivity index (χ3v) is 4.09. The van der Waals surface area contributed by atoms with Crippen molar-refractivity contribution in [3.05, 3.63) is 0 Å². The summed E-state index contributed by atoms with van der Waals surface area (Å²) < 4.78 is 5.41. The van der Waals surface area contributed by atoms with Crippen LogP contribution in [-0.2, 0) is 9.53 Å². The summed E-state index contributed by atoms with van der Waals surface area (Å²) in [5, 5.41) is 0. The Balaban J connectivity index is 2.03. The van der Waals surface area contributed by atoms with Crippen LogP contribution < -0.4 is 0 Å². The number of amides is 2. The molecule has 0 N–H and O–H groups in total. The summed E-state index contributed by atoms with van der Waals surface area (Å²) in [5.41, 5.74) is -0.524. The fourth-order valence-corrected chi connectivity index (χ4v) is 2.73. The van der Waals surface area contributed by atoms with E-state index in [-0.39, 0.29) is 24.6 Å². The quantitative estimate of drug-likeness (QED) is 0.781. The summed E-state index contributed by atoms with van der Waals surface area (Å²) in [4.78, 5) is 28.0. The molecule has 114 valence electrons. The first-order valence-electron chi connectivity index (χ1n) is 7.61. The van der Waals surface area contributed by atoms with Gasteiger partial charge in [-0.05, 0) is 46.5 Å². The van der Waals surface area contributed by atoms with E-state index in [2.05, 4.69) is 6.92 Å². The van der Waals surface area contributed by atoms with Crippen molar-refractivity contribution in [3.8, 4) is 0 Å². The summed E-state index contributed by atoms with van der Waals surface area (Å²) in [6, 6.07) is 0.473. The Morgan fingerprint density at radius 1 is 1.35 bits per heavy atom. The van der Waals surface area contributed by atoms with Gasteiger partial charge in [-0.2, -0.15) is 0 Å². The summed E-state index contributed by atoms with van der Waals surface area (Å²) in [7, 11) is 0. The van der Waals surface area contributed by atoms with E-state index in [0.717, 1.165) is 19.3 Å². The maximum atomic E-state index is 12.2. The Labute approximate surface area is 121 Å². The lowest BCUT2D eigenvalue weighted by Gasteiger charge is -2.46. The molecule has 0 aromatic heterocycles. The molecule has 20 heavy (non-hydrogen) atoms. The number of ether oxygens (including phenoxy) is 1. The van der Waals surface area contributed by atoms with Crippen molar-refractivity contribution in [2.24, 2.45) is 0 Å². The summed E-state index contributed by atoms with van der Waals surface area (Å²) in [6.07, 6.45) is 3.89. The highest BCUT2D eigenvalue weighted by molar-refractivity contribution is 5.84. The Bertz CT molecular complexity index is 385. The molecule has 1 aliphatic heterocycles. The van der Waals surface area contributed by atoms with Gasteiger partial charge in [-0.15, -0.1) is 0 Å². The SMILES string of the molecule is CCC1CN(C2CCC2)C(=O)CN1C(=O)OC(C)(C)C. The van der Waals surface area contributed by atoms with Crippen LogP contribution >= 0.6 is 0 Å². The van der Waals surface area contributed by atoms with Gasteiger partial charge in [-0.1, -0.05) is 6.92 Å². The van der Waals surface area contributed by atoms with E-state index in [1.165, 1.54) is 6.42 Å². The zero-order valence-electron chi connectivity index (χ0n) is 13.0. The molecule has 2 amide bonds. The Morgan fingerprint density at radius 3 is 2.45 bits per heavy atom. The number of hydrogen-bond donors (Lipinski definition) is 0. The summed E-state index contributed by atoms with van der Waals surface area (Å²) in [6.45, 7) is 8.40. The molecule has 5 nitrogen and oxygen atoms in total. The van der Waals surface area contributed by atoms with Gasteiger partial charge in [0.15, 0.2) is 0 Å². The molecule has 1 saturated heterocycles. The molecule has 0 radical (unpaired) electrons. The fourth-order valence-electron chi connectivity index (χ4n) is 2.73. The van der Waals surface area contributed by atoms with E-state index in [1.54, 1.807) is 4.90 Å². The van der Waals surface area contributed by atoms with E-state index in [1.807, 2.05) is 25.7 Å². The van der Waals surface area contributed by atoms with Crippen LogP contribution in [0.4, 0.5) is 4.79 Å². The Hall–Kier alpha value is -1.26. The third kappa shape index (κ3) is 3.25. The first-order chi connectivity index (χ1) is 9.31. The van der Waals surface area contributed by atoms with Crippen LogP contribution in [0.15, 0.2) is 0 Å². The van der Waals surface area contributed by atoms with Crippen molar-refractivity contribution in [3.63, 3.8) is 0 Å². The van der Waals surface area contributed by atoms with Crippen molar-refractivity contribution in [2.45, 2.75) is 71.1 Å². The molecular formula is C15H26N2O3. The smallest absolute Gasteiger partial charge is 0.411 e. The van der Waals surface area contributed by atoms with Crippen LogP contribution in [0.2, 0.25) is 0 Å². The van der Waals surface area contributed by atoms with Crippen LogP contribution in [0, 0.1) is 0 Å². The van der Waals surface area contributed by atoms with Crippen LogP contribution in [0.3, 0.4) is 0 Å². The van der Waals surface area contributed by atoms with Gasteiger partial charge in [0, 0.05) is 12.6 Å². The van der Waals surface area contributed by atoms with E-state index in [9.17, 15) is 9.59 Å². The third-order valence-electron chi connectivity index (χ3n) is 4.09. The van der Waals surface area contributed by atoms with Gasteiger partial charge >= 0.3 is 6.09 Å². The van der Waals surface area contributed by atoms with Gasteiger partial charge < -0.3 is 9.64 Å². The highest BCUT2D eigenvalue weighted by atomic mass is 16.6. The van der Waals surface area contributed by atoms with E-state index in [4.69, 9.17) is 4.74 Å². The molecule has 1 saturated carbocycles. The number of piperazine rings is 1. The van der Waals surface area contributed by atoms with Crippen molar-refractivity contribution in [2.75, 3.05) is 13.1 Å². The van der Waals surface area contributed by atoms with Gasteiger partial charge in [0.05, 0.1) is 6.04 Å². The molecule has 0 aromatic carbocycles. The molecule has 5 heteroatoms. The Morgan fingerprint density at radius 2 is 2.00 bits per heavy atom. The molecule has 0 spiro atoms. The number of rotatable bonds is 2. The van der Waals surface area contributed by atoms with Gasteiger partial charge in [-0.3, -0.25) is 9.69 Å². The largest absolute Gasteiger partial charge is 0.444 e. The van der Waals surface area contributed by atoms with E-state index >= 15 is 0 Å². The van der Waals surface area contributed by atoms with Crippen molar-refractivity contribution >= 4 is 12.0 Å². The lowest BCUT2D eigenvalue weighted by Crippen LogP contribution is -2.61. The van der Waals surface area contributed by atoms with Gasteiger partial charge in [-0.25, -0.2) is 4.79 Å². The number of carbonyl (C=O) groups excluding carboxylic acids is 2. The topological polar surface area (TPSA) is 49.9 Å². The second-order valence-electron chi connectivity index (χ2n) is 6.80. The molecule has 0 aromatic rings. The molecule has 1 atom stereocenters. The van der Waals surface area contributed by atoms with Crippen molar-refractivity contribution in [1.82, 2.24) is 9.80 Å². The number of hydrogen-bond acceptors (Lipinski definition) is 3. The van der Waals surface area contributed by atoms with E-state index in [0.29, 0.717) is 12.6 Å². The molecule has 1 heterocycles. The van der Waals surface area contributed by atoms with Crippen LogP contribution in [0.5, 0.6) is 0 Å². The molecule has 0 bridgehead atoms. The second kappa shape index (κ2) is 5.62. The molecular weight excluding hydrogens is 256 g/mol. The number of nitrogens with zero attached hydrogens (tertiary/aromatic N) is 2. The lowest BCUT2D eigenvalue weighted by molar-refractivity contribution is -0.143. The predicted molar refractivity (Wildman–Crippen MR) is 76.4 cm³/mol. The average Bonchev–Trinajstić information content (AvgIpc) is 2.26. The standard InChI is InChI=1S/C15H26N2O3/c1-5-11-9-16(12-7-6-8-12)13(18)10-17(11)14(19)20-15(2,3)4/h11-12H,5-10H2,1-4H3. The van der Waals surface area contributed by atoms with Crippen molar-refractivity contribution in [1.29, 1.82) is 0 Å². The minimum absolute atomic E-state index is 0.0604. The van der Waals surface area contributed by atoms with Gasteiger partial charge in [0.25, 0.3) is 0 Å². The molecule has 2 rings (SSSR count). The van der Waals surface area contributed by atoms with Crippen molar-refractivity contribution < 1.29 is 14.3 Å². The minimum atomic E-state index is -0.524. The van der Waals surface area contributed by atoms with Gasteiger partial charge in [0.2, 0.25) is 5.91 Å².